The smallest absolute Gasteiger partial charge is 0.401 e. The number of halogens is 4. The number of likely N-dealkylation sites (tertiary alicyclic amines) is 1. The van der Waals surface area contributed by atoms with Gasteiger partial charge in [-0.05, 0) is 37.4 Å². The third-order valence-corrected chi connectivity index (χ3v) is 4.84. The zero-order valence-corrected chi connectivity index (χ0v) is 18.3. The van der Waals surface area contributed by atoms with Crippen molar-refractivity contribution in [2.75, 3.05) is 39.3 Å². The largest absolute Gasteiger partial charge is 0.488 e. The van der Waals surface area contributed by atoms with Crippen LogP contribution in [0.3, 0.4) is 0 Å². The van der Waals surface area contributed by atoms with Gasteiger partial charge in [-0.3, -0.25) is 9.89 Å². The van der Waals surface area contributed by atoms with Crippen LogP contribution in [0.4, 0.5) is 13.2 Å². The van der Waals surface area contributed by atoms with Crippen LogP contribution in [0.15, 0.2) is 29.3 Å². The molecule has 158 valence electrons. The van der Waals surface area contributed by atoms with E-state index in [1.165, 1.54) is 10.5 Å². The lowest BCUT2D eigenvalue weighted by Gasteiger charge is -2.18. The van der Waals surface area contributed by atoms with Gasteiger partial charge in [0.2, 0.25) is 0 Å². The van der Waals surface area contributed by atoms with Crippen LogP contribution in [-0.2, 0) is 6.42 Å². The van der Waals surface area contributed by atoms with Gasteiger partial charge in [0, 0.05) is 26.1 Å². The van der Waals surface area contributed by atoms with Gasteiger partial charge < -0.3 is 15.4 Å². The van der Waals surface area contributed by atoms with Crippen molar-refractivity contribution in [1.29, 1.82) is 0 Å². The normalized spacial score (nSPS) is 22.4. The maximum Gasteiger partial charge on any atom is 0.401 e. The molecule has 2 N–H and O–H groups in total. The Bertz CT molecular complexity index is 631. The molecule has 0 saturated carbocycles. The third kappa shape index (κ3) is 6.98. The van der Waals surface area contributed by atoms with E-state index < -0.39 is 12.7 Å². The molecule has 2 aliphatic heterocycles. The van der Waals surface area contributed by atoms with Crippen molar-refractivity contribution in [3.8, 4) is 5.75 Å². The molecule has 2 unspecified atom stereocenters. The Kier molecular flexibility index (Phi) is 8.66. The highest BCUT2D eigenvalue weighted by Crippen LogP contribution is 2.27. The average molecular weight is 512 g/mol. The van der Waals surface area contributed by atoms with Gasteiger partial charge in [-0.1, -0.05) is 18.2 Å². The SMILES string of the molecule is CCNC(=NCC1CCN(CC(F)(F)F)C1)NCC1Cc2ccccc2O1.I. The van der Waals surface area contributed by atoms with Gasteiger partial charge in [0.05, 0.1) is 13.1 Å². The van der Waals surface area contributed by atoms with Crippen molar-refractivity contribution in [3.05, 3.63) is 29.8 Å². The number of benzene rings is 1. The molecule has 0 radical (unpaired) electrons. The lowest BCUT2D eigenvalue weighted by Crippen LogP contribution is -2.42. The minimum atomic E-state index is -4.13. The van der Waals surface area contributed by atoms with Crippen LogP contribution in [0, 0.1) is 5.92 Å². The van der Waals surface area contributed by atoms with Crippen molar-refractivity contribution in [1.82, 2.24) is 15.5 Å². The summed E-state index contributed by atoms with van der Waals surface area (Å²) in [5.41, 5.74) is 1.21. The first-order valence-corrected chi connectivity index (χ1v) is 9.49. The summed E-state index contributed by atoms with van der Waals surface area (Å²) in [6.07, 6.45) is -2.47. The van der Waals surface area contributed by atoms with Crippen LogP contribution in [0.25, 0.3) is 0 Å². The molecule has 0 amide bonds. The number of aliphatic imine (C=N–C) groups is 1. The first-order chi connectivity index (χ1) is 12.9. The van der Waals surface area contributed by atoms with E-state index in [9.17, 15) is 13.2 Å². The van der Waals surface area contributed by atoms with Gasteiger partial charge in [-0.2, -0.15) is 13.2 Å². The Morgan fingerprint density at radius 1 is 1.29 bits per heavy atom. The second-order valence-corrected chi connectivity index (χ2v) is 7.16. The molecule has 1 saturated heterocycles. The van der Waals surface area contributed by atoms with Gasteiger partial charge in [0.15, 0.2) is 5.96 Å². The van der Waals surface area contributed by atoms with E-state index in [0.29, 0.717) is 32.1 Å². The van der Waals surface area contributed by atoms with Crippen LogP contribution in [0.1, 0.15) is 18.9 Å². The lowest BCUT2D eigenvalue weighted by atomic mass is 10.1. The average Bonchev–Trinajstić information content (AvgIpc) is 3.22. The molecule has 28 heavy (non-hydrogen) atoms. The molecule has 1 aromatic carbocycles. The van der Waals surface area contributed by atoms with Crippen LogP contribution in [0.2, 0.25) is 0 Å². The molecule has 2 atom stereocenters. The summed E-state index contributed by atoms with van der Waals surface area (Å²) in [4.78, 5) is 6.03. The van der Waals surface area contributed by atoms with Crippen LogP contribution in [0.5, 0.6) is 5.75 Å². The maximum atomic E-state index is 12.5. The monoisotopic (exact) mass is 512 g/mol. The summed E-state index contributed by atoms with van der Waals surface area (Å²) < 4.78 is 43.4. The molecule has 0 aliphatic carbocycles. The quantitative estimate of drug-likeness (QED) is 0.350. The predicted molar refractivity (Wildman–Crippen MR) is 115 cm³/mol. The number of fused-ring (bicyclic) bond motifs is 1. The van der Waals surface area contributed by atoms with Gasteiger partial charge in [0.1, 0.15) is 11.9 Å². The van der Waals surface area contributed by atoms with Crippen molar-refractivity contribution in [3.63, 3.8) is 0 Å². The molecule has 2 aliphatic rings. The summed E-state index contributed by atoms with van der Waals surface area (Å²) in [7, 11) is 0. The highest BCUT2D eigenvalue weighted by atomic mass is 127. The minimum absolute atomic E-state index is 0. The highest BCUT2D eigenvalue weighted by Gasteiger charge is 2.34. The van der Waals surface area contributed by atoms with Crippen molar-refractivity contribution in [2.24, 2.45) is 10.9 Å². The van der Waals surface area contributed by atoms with E-state index in [1.54, 1.807) is 0 Å². The lowest BCUT2D eigenvalue weighted by molar-refractivity contribution is -0.143. The standard InChI is InChI=1S/C19H27F3N4O.HI/c1-2-23-18(24-10-14-7-8-26(12-14)13-19(20,21)22)25-11-16-9-15-5-3-4-6-17(15)27-16;/h3-6,14,16H,2,7-13H2,1H3,(H2,23,24,25);1H. The van der Waals surface area contributed by atoms with Crippen LogP contribution >= 0.6 is 24.0 Å². The van der Waals surface area contributed by atoms with E-state index >= 15 is 0 Å². The fourth-order valence-corrected chi connectivity index (χ4v) is 3.60. The Labute approximate surface area is 181 Å². The number of guanidine groups is 1. The summed E-state index contributed by atoms with van der Waals surface area (Å²) in [5, 5.41) is 6.48. The van der Waals surface area contributed by atoms with E-state index in [4.69, 9.17) is 4.74 Å². The molecule has 2 heterocycles. The summed E-state index contributed by atoms with van der Waals surface area (Å²) in [6.45, 7) is 3.97. The van der Waals surface area contributed by atoms with Crippen LogP contribution in [-0.4, -0.2) is 62.4 Å². The number of hydrogen-bond acceptors (Lipinski definition) is 3. The first kappa shape index (κ1) is 23.1. The zero-order chi connectivity index (χ0) is 19.3. The Morgan fingerprint density at radius 2 is 2.07 bits per heavy atom. The molecule has 3 rings (SSSR count). The van der Waals surface area contributed by atoms with Crippen LogP contribution < -0.4 is 15.4 Å². The minimum Gasteiger partial charge on any atom is -0.488 e. The third-order valence-electron chi connectivity index (χ3n) is 4.84. The summed E-state index contributed by atoms with van der Waals surface area (Å²) >= 11 is 0. The molecular weight excluding hydrogens is 484 g/mol. The summed E-state index contributed by atoms with van der Waals surface area (Å²) in [5.74, 6) is 1.78. The fraction of sp³-hybridized carbons (Fsp3) is 0.632. The number of nitrogens with zero attached hydrogens (tertiary/aromatic N) is 2. The molecule has 1 aromatic rings. The number of rotatable bonds is 6. The molecule has 0 spiro atoms. The Hall–Kier alpha value is -1.23. The molecule has 9 heteroatoms. The number of nitrogens with one attached hydrogen (secondary N) is 2. The molecule has 0 bridgehead atoms. The van der Waals surface area contributed by atoms with Gasteiger partial charge >= 0.3 is 6.18 Å². The number of alkyl halides is 3. The fourth-order valence-electron chi connectivity index (χ4n) is 3.60. The topological polar surface area (TPSA) is 48.9 Å². The van der Waals surface area contributed by atoms with E-state index in [0.717, 1.165) is 25.1 Å². The van der Waals surface area contributed by atoms with E-state index in [2.05, 4.69) is 21.7 Å². The number of hydrogen-bond donors (Lipinski definition) is 2. The Balaban J connectivity index is 0.00000280. The highest BCUT2D eigenvalue weighted by molar-refractivity contribution is 14.0. The molecule has 0 aromatic heterocycles. The maximum absolute atomic E-state index is 12.5. The number of para-hydroxylation sites is 1. The van der Waals surface area contributed by atoms with Crippen molar-refractivity contribution in [2.45, 2.75) is 32.0 Å². The second kappa shape index (κ2) is 10.5. The molecular formula is C19H28F3IN4O. The van der Waals surface area contributed by atoms with Crippen molar-refractivity contribution >= 4 is 29.9 Å². The van der Waals surface area contributed by atoms with Gasteiger partial charge in [0.25, 0.3) is 0 Å². The van der Waals surface area contributed by atoms with Crippen molar-refractivity contribution < 1.29 is 17.9 Å². The second-order valence-electron chi connectivity index (χ2n) is 7.16. The Morgan fingerprint density at radius 3 is 2.79 bits per heavy atom. The number of ether oxygens (including phenoxy) is 1. The predicted octanol–water partition coefficient (Wildman–Crippen LogP) is 3.05. The first-order valence-electron chi connectivity index (χ1n) is 9.49. The molecule has 5 nitrogen and oxygen atoms in total. The van der Waals surface area contributed by atoms with Gasteiger partial charge in [-0.25, -0.2) is 0 Å². The summed E-state index contributed by atoms with van der Waals surface area (Å²) in [6, 6.07) is 8.01. The van der Waals surface area contributed by atoms with E-state index in [-0.39, 0.29) is 36.0 Å². The van der Waals surface area contributed by atoms with E-state index in [1.807, 2.05) is 25.1 Å². The zero-order valence-electron chi connectivity index (χ0n) is 16.0. The molecule has 1 fully saturated rings. The van der Waals surface area contributed by atoms with Gasteiger partial charge in [-0.15, -0.1) is 24.0 Å².